The monoisotopic (exact) mass is 373 g/mol. The van der Waals surface area contributed by atoms with E-state index < -0.39 is 8.32 Å². The Morgan fingerprint density at radius 3 is 2.62 bits per heavy atom. The molecule has 0 unspecified atom stereocenters. The fraction of sp³-hybridized carbons (Fsp3) is 0.667. The van der Waals surface area contributed by atoms with Gasteiger partial charge in [0.15, 0.2) is 8.32 Å². The fourth-order valence-corrected chi connectivity index (χ4v) is 4.38. The van der Waals surface area contributed by atoms with Crippen LogP contribution in [0.2, 0.25) is 18.1 Å². The molecule has 0 saturated heterocycles. The first-order valence-corrected chi connectivity index (χ1v) is 12.7. The van der Waals surface area contributed by atoms with Gasteiger partial charge in [-0.25, -0.2) is 0 Å². The van der Waals surface area contributed by atoms with Crippen LogP contribution in [0.1, 0.15) is 50.8 Å². The van der Waals surface area contributed by atoms with Crippen LogP contribution in [0, 0.1) is 11.3 Å². The van der Waals surface area contributed by atoms with E-state index in [1.165, 1.54) is 11.1 Å². The Morgan fingerprint density at radius 2 is 2.04 bits per heavy atom. The molecule has 0 bridgehead atoms. The molecule has 2 rings (SSSR count). The third-order valence-electron chi connectivity index (χ3n) is 5.74. The molecule has 1 aromatic carbocycles. The molecule has 0 saturated carbocycles. The standard InChI is InChI=1S/C21H35N3OSi/c1-16(23)12-17-13-18-8-10-24(20(18)19(14-17)15-22)9-7-11-25-26(5,6)21(2,3)4/h13-14,16H,7-12,23H2,1-6H3/t16-/m1/s1. The Morgan fingerprint density at radius 1 is 1.35 bits per heavy atom. The highest BCUT2D eigenvalue weighted by atomic mass is 28.4. The minimum absolute atomic E-state index is 0.115. The SMILES string of the molecule is C[C@@H](N)Cc1cc(C#N)c2c(c1)CCN2CCCO[Si](C)(C)C(C)(C)C. The van der Waals surface area contributed by atoms with E-state index in [1.807, 2.05) is 13.0 Å². The van der Waals surface area contributed by atoms with Gasteiger partial charge in [-0.15, -0.1) is 0 Å². The van der Waals surface area contributed by atoms with Crippen molar-refractivity contribution >= 4 is 14.0 Å². The zero-order valence-corrected chi connectivity index (χ0v) is 18.4. The van der Waals surface area contributed by atoms with Crippen LogP contribution in [0.3, 0.4) is 0 Å². The van der Waals surface area contributed by atoms with Crippen molar-refractivity contribution in [3.8, 4) is 6.07 Å². The van der Waals surface area contributed by atoms with Crippen molar-refractivity contribution in [2.24, 2.45) is 5.73 Å². The maximum absolute atomic E-state index is 9.62. The number of benzene rings is 1. The Bertz CT molecular complexity index is 671. The number of fused-ring (bicyclic) bond motifs is 1. The summed E-state index contributed by atoms with van der Waals surface area (Å²) in [6.07, 6.45) is 2.83. The summed E-state index contributed by atoms with van der Waals surface area (Å²) >= 11 is 0. The normalized spacial score (nSPS) is 15.7. The highest BCUT2D eigenvalue weighted by Gasteiger charge is 2.36. The van der Waals surface area contributed by atoms with Crippen molar-refractivity contribution in [2.75, 3.05) is 24.6 Å². The van der Waals surface area contributed by atoms with Crippen molar-refractivity contribution in [1.29, 1.82) is 5.26 Å². The molecule has 4 nitrogen and oxygen atoms in total. The van der Waals surface area contributed by atoms with Crippen molar-refractivity contribution < 1.29 is 4.43 Å². The molecular weight excluding hydrogens is 338 g/mol. The zero-order valence-electron chi connectivity index (χ0n) is 17.4. The van der Waals surface area contributed by atoms with E-state index in [0.717, 1.165) is 50.2 Å². The molecule has 1 aliphatic rings. The molecule has 1 aliphatic heterocycles. The number of hydrogen-bond donors (Lipinski definition) is 1. The topological polar surface area (TPSA) is 62.3 Å². The minimum Gasteiger partial charge on any atom is -0.417 e. The molecular formula is C21H35N3OSi. The van der Waals surface area contributed by atoms with E-state index in [-0.39, 0.29) is 11.1 Å². The van der Waals surface area contributed by atoms with Crippen LogP contribution < -0.4 is 10.6 Å². The van der Waals surface area contributed by atoms with E-state index in [9.17, 15) is 5.26 Å². The first kappa shape index (κ1) is 21.0. The number of nitrogens with two attached hydrogens (primary N) is 1. The van der Waals surface area contributed by atoms with E-state index in [1.54, 1.807) is 0 Å². The molecule has 0 radical (unpaired) electrons. The molecule has 26 heavy (non-hydrogen) atoms. The van der Waals surface area contributed by atoms with Gasteiger partial charge in [-0.3, -0.25) is 0 Å². The molecule has 0 aromatic heterocycles. The van der Waals surface area contributed by atoms with Gasteiger partial charge in [0, 0.05) is 25.7 Å². The lowest BCUT2D eigenvalue weighted by Crippen LogP contribution is -2.41. The van der Waals surface area contributed by atoms with Gasteiger partial charge in [0.2, 0.25) is 0 Å². The smallest absolute Gasteiger partial charge is 0.191 e. The summed E-state index contributed by atoms with van der Waals surface area (Å²) < 4.78 is 6.29. The average Bonchev–Trinajstić information content (AvgIpc) is 2.92. The van der Waals surface area contributed by atoms with Gasteiger partial charge in [0.25, 0.3) is 0 Å². The largest absolute Gasteiger partial charge is 0.417 e. The summed E-state index contributed by atoms with van der Waals surface area (Å²) in [5.74, 6) is 0. The third-order valence-corrected chi connectivity index (χ3v) is 10.3. The first-order chi connectivity index (χ1) is 12.0. The lowest BCUT2D eigenvalue weighted by molar-refractivity contribution is 0.283. The van der Waals surface area contributed by atoms with E-state index >= 15 is 0 Å². The molecule has 0 amide bonds. The summed E-state index contributed by atoms with van der Waals surface area (Å²) in [5.41, 5.74) is 10.3. The van der Waals surface area contributed by atoms with Gasteiger partial charge in [0.1, 0.15) is 6.07 Å². The summed E-state index contributed by atoms with van der Waals surface area (Å²) in [5, 5.41) is 9.87. The second-order valence-electron chi connectivity index (χ2n) is 9.14. The van der Waals surface area contributed by atoms with Crippen LogP contribution in [0.15, 0.2) is 12.1 Å². The van der Waals surface area contributed by atoms with Gasteiger partial charge in [0.05, 0.1) is 11.3 Å². The maximum atomic E-state index is 9.62. The van der Waals surface area contributed by atoms with Crippen LogP contribution in [-0.4, -0.2) is 34.1 Å². The molecule has 0 spiro atoms. The number of hydrogen-bond acceptors (Lipinski definition) is 4. The number of nitrogens with zero attached hydrogens (tertiary/aromatic N) is 2. The average molecular weight is 374 g/mol. The number of anilines is 1. The van der Waals surface area contributed by atoms with Gasteiger partial charge in [-0.2, -0.15) is 5.26 Å². The van der Waals surface area contributed by atoms with Crippen molar-refractivity contribution in [3.05, 3.63) is 28.8 Å². The van der Waals surface area contributed by atoms with Crippen LogP contribution in [-0.2, 0) is 17.3 Å². The second kappa shape index (κ2) is 8.12. The molecule has 0 aliphatic carbocycles. The van der Waals surface area contributed by atoms with Gasteiger partial charge in [-0.1, -0.05) is 26.8 Å². The first-order valence-electron chi connectivity index (χ1n) is 9.75. The lowest BCUT2D eigenvalue weighted by Gasteiger charge is -2.36. The number of nitriles is 1. The molecule has 2 N–H and O–H groups in total. The fourth-order valence-electron chi connectivity index (χ4n) is 3.29. The minimum atomic E-state index is -1.68. The Labute approximate surface area is 160 Å². The van der Waals surface area contributed by atoms with Crippen LogP contribution in [0.4, 0.5) is 5.69 Å². The third kappa shape index (κ3) is 4.88. The van der Waals surface area contributed by atoms with Crippen molar-refractivity contribution in [2.45, 2.75) is 71.1 Å². The number of rotatable bonds is 7. The van der Waals surface area contributed by atoms with E-state index in [0.29, 0.717) is 0 Å². The molecule has 1 atom stereocenters. The summed E-state index contributed by atoms with van der Waals surface area (Å²) in [7, 11) is -1.68. The van der Waals surface area contributed by atoms with Crippen LogP contribution in [0.5, 0.6) is 0 Å². The second-order valence-corrected chi connectivity index (χ2v) is 14.0. The maximum Gasteiger partial charge on any atom is 0.191 e. The quantitative estimate of drug-likeness (QED) is 0.574. The zero-order chi connectivity index (χ0) is 19.5. The summed E-state index contributed by atoms with van der Waals surface area (Å²) in [6.45, 7) is 16.2. The van der Waals surface area contributed by atoms with E-state index in [2.05, 4.69) is 50.9 Å². The Hall–Kier alpha value is -1.35. The summed E-state index contributed by atoms with van der Waals surface area (Å²) in [6, 6.07) is 6.78. The predicted octanol–water partition coefficient (Wildman–Crippen LogP) is 4.22. The molecule has 1 heterocycles. The Kier molecular flexibility index (Phi) is 6.54. The molecule has 144 valence electrons. The van der Waals surface area contributed by atoms with Crippen molar-refractivity contribution in [3.63, 3.8) is 0 Å². The molecule has 0 fully saturated rings. The molecule has 5 heteroatoms. The van der Waals surface area contributed by atoms with Gasteiger partial charge >= 0.3 is 0 Å². The van der Waals surface area contributed by atoms with Crippen LogP contribution in [0.25, 0.3) is 0 Å². The highest BCUT2D eigenvalue weighted by molar-refractivity contribution is 6.74. The van der Waals surface area contributed by atoms with Gasteiger partial charge < -0.3 is 15.1 Å². The highest BCUT2D eigenvalue weighted by Crippen LogP contribution is 2.37. The lowest BCUT2D eigenvalue weighted by atomic mass is 9.99. The van der Waals surface area contributed by atoms with Crippen LogP contribution >= 0.6 is 0 Å². The van der Waals surface area contributed by atoms with Gasteiger partial charge in [-0.05, 0) is 61.5 Å². The summed E-state index contributed by atoms with van der Waals surface area (Å²) in [4.78, 5) is 2.36. The molecule has 1 aromatic rings. The predicted molar refractivity (Wildman–Crippen MR) is 112 cm³/mol. The Balaban J connectivity index is 2.00. The van der Waals surface area contributed by atoms with E-state index in [4.69, 9.17) is 10.2 Å². The van der Waals surface area contributed by atoms with Crippen molar-refractivity contribution in [1.82, 2.24) is 0 Å².